The number of ether oxygens (including phenoxy) is 1. The second-order valence-electron chi connectivity index (χ2n) is 4.59. The summed E-state index contributed by atoms with van der Waals surface area (Å²) in [7, 11) is 1.65. The fraction of sp³-hybridized carbons (Fsp3) is 0.235. The zero-order valence-electron chi connectivity index (χ0n) is 11.3. The molecule has 2 aromatic rings. The van der Waals surface area contributed by atoms with E-state index in [0.717, 1.165) is 28.9 Å². The molecular formula is C17H18O2. The summed E-state index contributed by atoms with van der Waals surface area (Å²) >= 11 is 0. The van der Waals surface area contributed by atoms with E-state index in [0.29, 0.717) is 6.42 Å². The monoisotopic (exact) mass is 254 g/mol. The molecule has 0 aliphatic rings. The van der Waals surface area contributed by atoms with Crippen LogP contribution in [0.1, 0.15) is 27.9 Å². The maximum Gasteiger partial charge on any atom is 0.163 e. The summed E-state index contributed by atoms with van der Waals surface area (Å²) in [5.41, 5.74) is 2.99. The molecule has 0 fully saturated rings. The van der Waals surface area contributed by atoms with E-state index < -0.39 is 0 Å². The second-order valence-corrected chi connectivity index (χ2v) is 4.59. The highest BCUT2D eigenvalue weighted by Gasteiger charge is 2.08. The van der Waals surface area contributed by atoms with Gasteiger partial charge in [0, 0.05) is 12.0 Å². The molecule has 0 aromatic heterocycles. The van der Waals surface area contributed by atoms with E-state index in [4.69, 9.17) is 4.74 Å². The first-order chi connectivity index (χ1) is 9.20. The molecule has 0 N–H and O–H groups in total. The summed E-state index contributed by atoms with van der Waals surface area (Å²) < 4.78 is 5.18. The van der Waals surface area contributed by atoms with Gasteiger partial charge in [-0.1, -0.05) is 36.4 Å². The van der Waals surface area contributed by atoms with Crippen molar-refractivity contribution in [2.45, 2.75) is 19.8 Å². The quantitative estimate of drug-likeness (QED) is 0.758. The molecule has 0 aliphatic heterocycles. The van der Waals surface area contributed by atoms with Crippen molar-refractivity contribution in [1.29, 1.82) is 0 Å². The van der Waals surface area contributed by atoms with Crippen LogP contribution in [0.15, 0.2) is 48.5 Å². The van der Waals surface area contributed by atoms with E-state index in [9.17, 15) is 4.79 Å². The van der Waals surface area contributed by atoms with Gasteiger partial charge in [0.25, 0.3) is 0 Å². The molecule has 0 aliphatic carbocycles. The first-order valence-electron chi connectivity index (χ1n) is 6.42. The number of rotatable bonds is 5. The molecule has 2 nitrogen and oxygen atoms in total. The number of hydrogen-bond acceptors (Lipinski definition) is 2. The summed E-state index contributed by atoms with van der Waals surface area (Å²) in [5.74, 6) is 1.03. The number of hydrogen-bond donors (Lipinski definition) is 0. The zero-order chi connectivity index (χ0) is 13.7. The molecule has 0 bridgehead atoms. The summed E-state index contributed by atoms with van der Waals surface area (Å²) in [5, 5.41) is 0. The number of carbonyl (C=O) groups excluding carboxylic acids is 1. The predicted molar refractivity (Wildman–Crippen MR) is 76.8 cm³/mol. The van der Waals surface area contributed by atoms with Gasteiger partial charge in [-0.2, -0.15) is 0 Å². The Morgan fingerprint density at radius 1 is 1.11 bits per heavy atom. The van der Waals surface area contributed by atoms with Crippen LogP contribution in [0, 0.1) is 6.92 Å². The van der Waals surface area contributed by atoms with Gasteiger partial charge in [-0.25, -0.2) is 0 Å². The average molecular weight is 254 g/mol. The second kappa shape index (κ2) is 6.19. The predicted octanol–water partition coefficient (Wildman–Crippen LogP) is 3.82. The Labute approximate surface area is 114 Å². The highest BCUT2D eigenvalue weighted by molar-refractivity contribution is 5.97. The largest absolute Gasteiger partial charge is 0.497 e. The summed E-state index contributed by atoms with van der Waals surface area (Å²) in [4.78, 5) is 12.2. The number of benzene rings is 2. The number of carbonyl (C=O) groups is 1. The van der Waals surface area contributed by atoms with E-state index >= 15 is 0 Å². The lowest BCUT2D eigenvalue weighted by Crippen LogP contribution is -2.03. The molecule has 2 rings (SSSR count). The van der Waals surface area contributed by atoms with Crippen LogP contribution < -0.4 is 4.74 Å². The minimum atomic E-state index is 0.195. The first-order valence-corrected chi connectivity index (χ1v) is 6.42. The topological polar surface area (TPSA) is 26.3 Å². The van der Waals surface area contributed by atoms with Crippen LogP contribution in [-0.2, 0) is 6.42 Å². The molecule has 0 atom stereocenters. The molecule has 0 spiro atoms. The van der Waals surface area contributed by atoms with Crippen LogP contribution in [0.2, 0.25) is 0 Å². The molecule has 19 heavy (non-hydrogen) atoms. The molecule has 98 valence electrons. The van der Waals surface area contributed by atoms with Crippen molar-refractivity contribution in [2.75, 3.05) is 7.11 Å². The third-order valence-electron chi connectivity index (χ3n) is 3.22. The van der Waals surface area contributed by atoms with Crippen molar-refractivity contribution in [3.8, 4) is 5.75 Å². The third kappa shape index (κ3) is 3.44. The smallest absolute Gasteiger partial charge is 0.163 e. The Morgan fingerprint density at radius 3 is 2.63 bits per heavy atom. The molecule has 0 heterocycles. The fourth-order valence-corrected chi connectivity index (χ4v) is 2.11. The molecule has 2 heteroatoms. The fourth-order valence-electron chi connectivity index (χ4n) is 2.11. The molecular weight excluding hydrogens is 236 g/mol. The Bertz CT molecular complexity index is 573. The van der Waals surface area contributed by atoms with E-state index in [2.05, 4.69) is 0 Å². The van der Waals surface area contributed by atoms with Gasteiger partial charge in [0.1, 0.15) is 5.75 Å². The van der Waals surface area contributed by atoms with Gasteiger partial charge < -0.3 is 4.74 Å². The highest BCUT2D eigenvalue weighted by Crippen LogP contribution is 2.16. The van der Waals surface area contributed by atoms with Gasteiger partial charge in [-0.15, -0.1) is 0 Å². The van der Waals surface area contributed by atoms with E-state index in [-0.39, 0.29) is 5.78 Å². The van der Waals surface area contributed by atoms with Crippen molar-refractivity contribution in [2.24, 2.45) is 0 Å². The maximum absolute atomic E-state index is 12.2. The number of Topliss-reactive ketones (excluding diaryl/α,β-unsaturated/α-hetero) is 1. The van der Waals surface area contributed by atoms with Crippen molar-refractivity contribution < 1.29 is 9.53 Å². The molecule has 0 amide bonds. The molecule has 0 saturated heterocycles. The zero-order valence-corrected chi connectivity index (χ0v) is 11.3. The van der Waals surface area contributed by atoms with Crippen LogP contribution in [0.4, 0.5) is 0 Å². The number of ketones is 1. The molecule has 0 unspecified atom stereocenters. The molecule has 2 aromatic carbocycles. The maximum atomic E-state index is 12.2. The van der Waals surface area contributed by atoms with Crippen molar-refractivity contribution in [1.82, 2.24) is 0 Å². The lowest BCUT2D eigenvalue weighted by atomic mass is 9.99. The Morgan fingerprint density at radius 2 is 1.89 bits per heavy atom. The minimum Gasteiger partial charge on any atom is -0.497 e. The lowest BCUT2D eigenvalue weighted by molar-refractivity contribution is 0.0982. The first kappa shape index (κ1) is 13.3. The van der Waals surface area contributed by atoms with E-state index in [1.54, 1.807) is 7.11 Å². The Kier molecular flexibility index (Phi) is 4.35. The van der Waals surface area contributed by atoms with Crippen LogP contribution in [0.25, 0.3) is 0 Å². The standard InChI is InChI=1S/C17H18O2/c1-13-6-3-4-9-16(13)17(18)11-10-14-7-5-8-15(12-14)19-2/h3-9,12H,10-11H2,1-2H3. The van der Waals surface area contributed by atoms with Crippen molar-refractivity contribution >= 4 is 5.78 Å². The van der Waals surface area contributed by atoms with Crippen molar-refractivity contribution in [3.63, 3.8) is 0 Å². The van der Waals surface area contributed by atoms with Gasteiger partial charge in [0.2, 0.25) is 0 Å². The Balaban J connectivity index is 2.02. The average Bonchev–Trinajstić information content (AvgIpc) is 2.45. The number of methoxy groups -OCH3 is 1. The van der Waals surface area contributed by atoms with E-state index in [1.165, 1.54) is 0 Å². The van der Waals surface area contributed by atoms with Gasteiger partial charge >= 0.3 is 0 Å². The van der Waals surface area contributed by atoms with Crippen LogP contribution in [-0.4, -0.2) is 12.9 Å². The molecule has 0 saturated carbocycles. The number of aryl methyl sites for hydroxylation is 2. The third-order valence-corrected chi connectivity index (χ3v) is 3.22. The van der Waals surface area contributed by atoms with Crippen LogP contribution in [0.5, 0.6) is 5.75 Å². The van der Waals surface area contributed by atoms with Crippen molar-refractivity contribution in [3.05, 3.63) is 65.2 Å². The minimum absolute atomic E-state index is 0.195. The van der Waals surface area contributed by atoms with E-state index in [1.807, 2.05) is 55.5 Å². The van der Waals surface area contributed by atoms with Gasteiger partial charge in [0.05, 0.1) is 7.11 Å². The van der Waals surface area contributed by atoms with Gasteiger partial charge in [0.15, 0.2) is 5.78 Å². The SMILES string of the molecule is COc1cccc(CCC(=O)c2ccccc2C)c1. The summed E-state index contributed by atoms with van der Waals surface area (Å²) in [6.07, 6.45) is 1.27. The Hall–Kier alpha value is -2.09. The van der Waals surface area contributed by atoms with Crippen LogP contribution >= 0.6 is 0 Å². The lowest BCUT2D eigenvalue weighted by Gasteiger charge is -2.06. The van der Waals surface area contributed by atoms with Gasteiger partial charge in [-0.05, 0) is 36.6 Å². The normalized spacial score (nSPS) is 10.2. The summed E-state index contributed by atoms with van der Waals surface area (Å²) in [6.45, 7) is 1.97. The summed E-state index contributed by atoms with van der Waals surface area (Å²) in [6, 6.07) is 15.6. The van der Waals surface area contributed by atoms with Crippen LogP contribution in [0.3, 0.4) is 0 Å². The van der Waals surface area contributed by atoms with Gasteiger partial charge in [-0.3, -0.25) is 4.79 Å². The molecule has 0 radical (unpaired) electrons. The highest BCUT2D eigenvalue weighted by atomic mass is 16.5.